The van der Waals surface area contributed by atoms with E-state index < -0.39 is 29.4 Å². The van der Waals surface area contributed by atoms with Crippen molar-refractivity contribution in [2.45, 2.75) is 31.5 Å². The third-order valence-electron chi connectivity index (χ3n) is 4.42. The van der Waals surface area contributed by atoms with Gasteiger partial charge >= 0.3 is 0 Å². The van der Waals surface area contributed by atoms with Crippen molar-refractivity contribution in [3.05, 3.63) is 65.0 Å². The lowest BCUT2D eigenvalue weighted by molar-refractivity contribution is 0.0599. The number of anilines is 1. The number of amides is 1. The summed E-state index contributed by atoms with van der Waals surface area (Å²) in [4.78, 5) is 12.5. The molecule has 0 aromatic heterocycles. The number of carbonyl (C=O) groups excluding carboxylic acids is 1. The van der Waals surface area contributed by atoms with Crippen LogP contribution in [-0.4, -0.2) is 22.7 Å². The summed E-state index contributed by atoms with van der Waals surface area (Å²) in [7, 11) is 0. The Balaban J connectivity index is 1.97. The molecule has 2 atom stereocenters. The average molecular weight is 339 g/mol. The molecule has 1 heterocycles. The van der Waals surface area contributed by atoms with Crippen LogP contribution in [0.3, 0.4) is 0 Å². The molecule has 1 amide bonds. The molecule has 0 unspecified atom stereocenters. The highest BCUT2D eigenvalue weighted by Gasteiger charge is 2.41. The molecule has 3 rings (SSSR count). The molecule has 0 spiro atoms. The molecule has 0 radical (unpaired) electrons. The highest BCUT2D eigenvalue weighted by Crippen LogP contribution is 2.38. The van der Waals surface area contributed by atoms with Crippen LogP contribution in [0.1, 0.15) is 41.4 Å². The van der Waals surface area contributed by atoms with Crippen LogP contribution in [0, 0.1) is 17.1 Å². The van der Waals surface area contributed by atoms with Crippen LogP contribution in [0.5, 0.6) is 0 Å². The van der Waals surface area contributed by atoms with E-state index in [2.05, 4.69) is 16.7 Å². The summed E-state index contributed by atoms with van der Waals surface area (Å²) in [5.74, 6) is -0.848. The van der Waals surface area contributed by atoms with Crippen LogP contribution in [0.25, 0.3) is 0 Å². The topological polar surface area (TPSA) is 85.2 Å². The second-order valence-corrected chi connectivity index (χ2v) is 6.66. The number of nitriles is 1. The number of nitrogens with zero attached hydrogens (tertiary/aromatic N) is 1. The predicted octanol–water partition coefficient (Wildman–Crippen LogP) is 2.73. The number of fused-ring (bicyclic) bond motifs is 1. The standard InChI is InChI=1S/C19H18FN3O2/c1-19(2)17(24)16(14-9-11(10-21)3-8-15(14)23-19)22-18(25)12-4-6-13(20)7-5-12/h3-9,16-17,23-24H,1-2H3,(H,22,25)/t16-,17+/m1/s1. The van der Waals surface area contributed by atoms with E-state index >= 15 is 0 Å². The molecule has 0 aliphatic carbocycles. The van der Waals surface area contributed by atoms with Crippen molar-refractivity contribution in [3.63, 3.8) is 0 Å². The summed E-state index contributed by atoms with van der Waals surface area (Å²) in [6.45, 7) is 3.66. The van der Waals surface area contributed by atoms with E-state index in [-0.39, 0.29) is 0 Å². The number of nitrogens with one attached hydrogen (secondary N) is 2. The summed E-state index contributed by atoms with van der Waals surface area (Å²) in [5.41, 5.74) is 1.44. The van der Waals surface area contributed by atoms with E-state index in [9.17, 15) is 14.3 Å². The monoisotopic (exact) mass is 339 g/mol. The van der Waals surface area contributed by atoms with Crippen LogP contribution in [0.15, 0.2) is 42.5 Å². The van der Waals surface area contributed by atoms with Gasteiger partial charge in [0.25, 0.3) is 5.91 Å². The Morgan fingerprint density at radius 1 is 1.28 bits per heavy atom. The first kappa shape index (κ1) is 16.9. The van der Waals surface area contributed by atoms with Gasteiger partial charge in [0.05, 0.1) is 23.2 Å². The maximum atomic E-state index is 13.0. The molecule has 25 heavy (non-hydrogen) atoms. The lowest BCUT2D eigenvalue weighted by atomic mass is 9.82. The molecule has 0 fully saturated rings. The van der Waals surface area contributed by atoms with Crippen molar-refractivity contribution in [1.82, 2.24) is 5.32 Å². The zero-order valence-electron chi connectivity index (χ0n) is 13.9. The van der Waals surface area contributed by atoms with Gasteiger partial charge in [-0.05, 0) is 56.3 Å². The van der Waals surface area contributed by atoms with Gasteiger partial charge in [0.2, 0.25) is 0 Å². The Bertz CT molecular complexity index is 856. The number of carbonyl (C=O) groups is 1. The Morgan fingerprint density at radius 2 is 1.96 bits per heavy atom. The van der Waals surface area contributed by atoms with Gasteiger partial charge in [-0.25, -0.2) is 4.39 Å². The van der Waals surface area contributed by atoms with Crippen LogP contribution >= 0.6 is 0 Å². The summed E-state index contributed by atoms with van der Waals surface area (Å²) in [5, 5.41) is 25.9. The van der Waals surface area contributed by atoms with Gasteiger partial charge in [-0.2, -0.15) is 5.26 Å². The Kier molecular flexibility index (Phi) is 4.19. The van der Waals surface area contributed by atoms with Crippen molar-refractivity contribution in [1.29, 1.82) is 5.26 Å². The third-order valence-corrected chi connectivity index (χ3v) is 4.42. The van der Waals surface area contributed by atoms with Gasteiger partial charge in [-0.15, -0.1) is 0 Å². The van der Waals surface area contributed by atoms with E-state index in [1.807, 2.05) is 13.8 Å². The maximum absolute atomic E-state index is 13.0. The lowest BCUT2D eigenvalue weighted by Gasteiger charge is -2.43. The molecule has 0 saturated carbocycles. The zero-order valence-corrected chi connectivity index (χ0v) is 13.9. The molecule has 0 saturated heterocycles. The van der Waals surface area contributed by atoms with Crippen molar-refractivity contribution >= 4 is 11.6 Å². The highest BCUT2D eigenvalue weighted by molar-refractivity contribution is 5.94. The molecule has 2 aromatic carbocycles. The van der Waals surface area contributed by atoms with E-state index in [4.69, 9.17) is 5.26 Å². The molecule has 128 valence electrons. The van der Waals surface area contributed by atoms with Gasteiger partial charge in [0.1, 0.15) is 11.9 Å². The van der Waals surface area contributed by atoms with Crippen LogP contribution in [0.4, 0.5) is 10.1 Å². The van der Waals surface area contributed by atoms with Crippen molar-refractivity contribution < 1.29 is 14.3 Å². The van der Waals surface area contributed by atoms with Crippen LogP contribution in [-0.2, 0) is 0 Å². The van der Waals surface area contributed by atoms with Crippen molar-refractivity contribution in [3.8, 4) is 6.07 Å². The SMILES string of the molecule is CC1(C)Nc2ccc(C#N)cc2[C@@H](NC(=O)c2ccc(F)cc2)[C@@H]1O. The Labute approximate surface area is 145 Å². The first-order valence-electron chi connectivity index (χ1n) is 7.88. The fourth-order valence-corrected chi connectivity index (χ4v) is 2.99. The lowest BCUT2D eigenvalue weighted by Crippen LogP contribution is -2.54. The van der Waals surface area contributed by atoms with E-state index in [0.29, 0.717) is 16.7 Å². The molecule has 0 bridgehead atoms. The predicted molar refractivity (Wildman–Crippen MR) is 91.5 cm³/mol. The van der Waals surface area contributed by atoms with Crippen LogP contribution < -0.4 is 10.6 Å². The summed E-state index contributed by atoms with van der Waals surface area (Å²) in [6.07, 6.45) is -0.918. The van der Waals surface area contributed by atoms with E-state index in [1.54, 1.807) is 18.2 Å². The first-order valence-corrected chi connectivity index (χ1v) is 7.88. The number of rotatable bonds is 2. The number of aliphatic hydroxyl groups is 1. The van der Waals surface area contributed by atoms with Gasteiger partial charge in [0.15, 0.2) is 0 Å². The molecular formula is C19H18FN3O2. The van der Waals surface area contributed by atoms with Gasteiger partial charge in [0, 0.05) is 16.8 Å². The third kappa shape index (κ3) is 3.19. The maximum Gasteiger partial charge on any atom is 0.251 e. The van der Waals surface area contributed by atoms with E-state index in [1.165, 1.54) is 24.3 Å². The van der Waals surface area contributed by atoms with Crippen molar-refractivity contribution in [2.24, 2.45) is 0 Å². The Morgan fingerprint density at radius 3 is 2.60 bits per heavy atom. The molecule has 2 aromatic rings. The average Bonchev–Trinajstić information content (AvgIpc) is 2.59. The van der Waals surface area contributed by atoms with Crippen LogP contribution in [0.2, 0.25) is 0 Å². The summed E-state index contributed by atoms with van der Waals surface area (Å²) in [6, 6.07) is 11.6. The fraction of sp³-hybridized carbons (Fsp3) is 0.263. The van der Waals surface area contributed by atoms with Gasteiger partial charge in [-0.1, -0.05) is 0 Å². The molecule has 1 aliphatic rings. The fourth-order valence-electron chi connectivity index (χ4n) is 2.99. The Hall–Kier alpha value is -2.91. The quantitative estimate of drug-likeness (QED) is 0.785. The first-order chi connectivity index (χ1) is 11.8. The number of benzene rings is 2. The highest BCUT2D eigenvalue weighted by atomic mass is 19.1. The van der Waals surface area contributed by atoms with Crippen molar-refractivity contribution in [2.75, 3.05) is 5.32 Å². The zero-order chi connectivity index (χ0) is 18.2. The second kappa shape index (κ2) is 6.19. The minimum absolute atomic E-state index is 0.294. The second-order valence-electron chi connectivity index (χ2n) is 6.66. The summed E-state index contributed by atoms with van der Waals surface area (Å²) >= 11 is 0. The smallest absolute Gasteiger partial charge is 0.251 e. The largest absolute Gasteiger partial charge is 0.388 e. The normalized spacial score (nSPS) is 20.8. The number of hydrogen-bond acceptors (Lipinski definition) is 4. The number of halogens is 1. The molecular weight excluding hydrogens is 321 g/mol. The number of hydrogen-bond donors (Lipinski definition) is 3. The molecule has 1 aliphatic heterocycles. The molecule has 6 heteroatoms. The molecule has 3 N–H and O–H groups in total. The number of aliphatic hydroxyl groups excluding tert-OH is 1. The summed E-state index contributed by atoms with van der Waals surface area (Å²) < 4.78 is 13.0. The minimum atomic E-state index is -0.918. The molecule has 5 nitrogen and oxygen atoms in total. The van der Waals surface area contributed by atoms with E-state index in [0.717, 1.165) is 5.69 Å². The van der Waals surface area contributed by atoms with Gasteiger partial charge < -0.3 is 15.7 Å². The van der Waals surface area contributed by atoms with Gasteiger partial charge in [-0.3, -0.25) is 4.79 Å². The minimum Gasteiger partial charge on any atom is -0.388 e.